The summed E-state index contributed by atoms with van der Waals surface area (Å²) < 4.78 is 55.7. The van der Waals surface area contributed by atoms with Crippen molar-refractivity contribution < 1.29 is 22.0 Å². The summed E-state index contributed by atoms with van der Waals surface area (Å²) in [5, 5.41) is 2.51. The van der Waals surface area contributed by atoms with Gasteiger partial charge in [-0.1, -0.05) is 0 Å². The number of carbonyl (C=O) groups is 1. The summed E-state index contributed by atoms with van der Waals surface area (Å²) in [5.41, 5.74) is 1.16. The molecule has 0 spiro atoms. The van der Waals surface area contributed by atoms with Gasteiger partial charge in [0.15, 0.2) is 11.6 Å². The number of fused-ring (bicyclic) bond motifs is 1. The number of benzene rings is 1. The van der Waals surface area contributed by atoms with E-state index < -0.39 is 27.6 Å². The second-order valence-corrected chi connectivity index (χ2v) is 8.10. The standard InChI is InChI=1S/C17H19F2N3O3S/c1-9-4-6-12-15(22(3)10(2)16(12)26(24,25)21-9)17(23)20-11-5-7-13(18)14(19)8-11/h5,7-9,21H,4,6H2,1-3H3,(H,20,23). The zero-order chi connectivity index (χ0) is 19.2. The molecule has 2 heterocycles. The topological polar surface area (TPSA) is 80.2 Å². The van der Waals surface area contributed by atoms with Gasteiger partial charge < -0.3 is 9.88 Å². The number of hydrogen-bond acceptors (Lipinski definition) is 3. The maximum Gasteiger partial charge on any atom is 0.272 e. The van der Waals surface area contributed by atoms with Crippen molar-refractivity contribution in [2.45, 2.75) is 37.6 Å². The lowest BCUT2D eigenvalue weighted by Crippen LogP contribution is -2.31. The third-order valence-electron chi connectivity index (χ3n) is 4.57. The number of amides is 1. The Labute approximate surface area is 150 Å². The van der Waals surface area contributed by atoms with Crippen LogP contribution in [0.5, 0.6) is 0 Å². The largest absolute Gasteiger partial charge is 0.342 e. The van der Waals surface area contributed by atoms with Gasteiger partial charge in [0.2, 0.25) is 10.0 Å². The molecule has 1 aromatic heterocycles. The third kappa shape index (κ3) is 3.12. The van der Waals surface area contributed by atoms with Gasteiger partial charge in [0, 0.05) is 36.1 Å². The molecule has 1 unspecified atom stereocenters. The average Bonchev–Trinajstić information content (AvgIpc) is 2.73. The minimum Gasteiger partial charge on any atom is -0.342 e. The molecule has 1 atom stereocenters. The van der Waals surface area contributed by atoms with Crippen LogP contribution in [0.1, 0.15) is 35.1 Å². The summed E-state index contributed by atoms with van der Waals surface area (Å²) in [6.07, 6.45) is 0.950. The lowest BCUT2D eigenvalue weighted by atomic mass is 10.1. The monoisotopic (exact) mass is 383 g/mol. The summed E-state index contributed by atoms with van der Waals surface area (Å²) >= 11 is 0. The van der Waals surface area contributed by atoms with Gasteiger partial charge in [0.25, 0.3) is 5.91 Å². The molecule has 9 heteroatoms. The number of nitrogens with zero attached hydrogens (tertiary/aromatic N) is 1. The Hall–Kier alpha value is -2.26. The van der Waals surface area contributed by atoms with E-state index in [1.807, 2.05) is 0 Å². The number of sulfonamides is 1. The number of anilines is 1. The molecule has 2 aromatic rings. The van der Waals surface area contributed by atoms with E-state index in [-0.39, 0.29) is 22.3 Å². The lowest BCUT2D eigenvalue weighted by molar-refractivity contribution is 0.101. The number of hydrogen-bond donors (Lipinski definition) is 2. The lowest BCUT2D eigenvalue weighted by Gasteiger charge is -2.11. The van der Waals surface area contributed by atoms with Crippen LogP contribution in [-0.4, -0.2) is 24.9 Å². The van der Waals surface area contributed by atoms with E-state index in [0.29, 0.717) is 24.1 Å². The molecule has 26 heavy (non-hydrogen) atoms. The van der Waals surface area contributed by atoms with Crippen LogP contribution >= 0.6 is 0 Å². The second kappa shape index (κ2) is 6.48. The molecular formula is C17H19F2N3O3S. The number of aromatic nitrogens is 1. The van der Waals surface area contributed by atoms with Gasteiger partial charge in [-0.3, -0.25) is 4.79 Å². The summed E-state index contributed by atoms with van der Waals surface area (Å²) in [6, 6.07) is 2.78. The van der Waals surface area contributed by atoms with E-state index in [1.165, 1.54) is 10.6 Å². The zero-order valence-corrected chi connectivity index (χ0v) is 15.4. The first-order valence-corrected chi connectivity index (χ1v) is 9.57. The summed E-state index contributed by atoms with van der Waals surface area (Å²) in [6.45, 7) is 3.39. The van der Waals surface area contributed by atoms with Crippen molar-refractivity contribution in [3.8, 4) is 0 Å². The Bertz CT molecular complexity index is 999. The summed E-state index contributed by atoms with van der Waals surface area (Å²) in [7, 11) is -2.14. The van der Waals surface area contributed by atoms with Gasteiger partial charge in [0.1, 0.15) is 10.6 Å². The van der Waals surface area contributed by atoms with Crippen molar-refractivity contribution in [2.75, 3.05) is 5.32 Å². The number of nitrogens with one attached hydrogen (secondary N) is 2. The fraction of sp³-hybridized carbons (Fsp3) is 0.353. The fourth-order valence-corrected chi connectivity index (χ4v) is 5.05. The van der Waals surface area contributed by atoms with Crippen LogP contribution in [0.2, 0.25) is 0 Å². The molecule has 0 saturated heterocycles. The van der Waals surface area contributed by atoms with Gasteiger partial charge in [-0.05, 0) is 38.8 Å². The summed E-state index contributed by atoms with van der Waals surface area (Å²) in [4.78, 5) is 12.9. The van der Waals surface area contributed by atoms with Crippen LogP contribution in [0.4, 0.5) is 14.5 Å². The minimum absolute atomic E-state index is 0.0875. The van der Waals surface area contributed by atoms with Crippen molar-refractivity contribution in [1.29, 1.82) is 0 Å². The predicted molar refractivity (Wildman–Crippen MR) is 92.6 cm³/mol. The number of halogens is 2. The van der Waals surface area contributed by atoms with Gasteiger partial charge in [-0.25, -0.2) is 21.9 Å². The van der Waals surface area contributed by atoms with E-state index in [9.17, 15) is 22.0 Å². The van der Waals surface area contributed by atoms with E-state index in [4.69, 9.17) is 0 Å². The molecule has 0 radical (unpaired) electrons. The molecule has 0 fully saturated rings. The quantitative estimate of drug-likeness (QED) is 0.836. The molecular weight excluding hydrogens is 364 g/mol. The van der Waals surface area contributed by atoms with Crippen LogP contribution < -0.4 is 10.0 Å². The summed E-state index contributed by atoms with van der Waals surface area (Å²) in [5.74, 6) is -2.67. The van der Waals surface area contributed by atoms with Crippen molar-refractivity contribution in [3.63, 3.8) is 0 Å². The van der Waals surface area contributed by atoms with Crippen LogP contribution in [0.15, 0.2) is 23.1 Å². The Morgan fingerprint density at radius 2 is 2.00 bits per heavy atom. The first kappa shape index (κ1) is 18.5. The highest BCUT2D eigenvalue weighted by Gasteiger charge is 2.34. The van der Waals surface area contributed by atoms with Crippen LogP contribution in [0.3, 0.4) is 0 Å². The Kier molecular flexibility index (Phi) is 4.61. The molecule has 0 aliphatic carbocycles. The molecule has 1 aliphatic heterocycles. The van der Waals surface area contributed by atoms with Gasteiger partial charge in [-0.15, -0.1) is 0 Å². The second-order valence-electron chi connectivity index (χ2n) is 6.44. The SMILES string of the molecule is Cc1c2c(c(C(=O)Nc3ccc(F)c(F)c3)n1C)CCC(C)NS2(=O)=O. The van der Waals surface area contributed by atoms with E-state index >= 15 is 0 Å². The van der Waals surface area contributed by atoms with Gasteiger partial charge in [-0.2, -0.15) is 0 Å². The third-order valence-corrected chi connectivity index (χ3v) is 6.36. The normalized spacial score (nSPS) is 18.9. The first-order valence-electron chi connectivity index (χ1n) is 8.08. The zero-order valence-electron chi connectivity index (χ0n) is 14.6. The Morgan fingerprint density at radius 3 is 2.65 bits per heavy atom. The highest BCUT2D eigenvalue weighted by molar-refractivity contribution is 7.89. The smallest absolute Gasteiger partial charge is 0.272 e. The van der Waals surface area contributed by atoms with E-state index in [2.05, 4.69) is 10.0 Å². The Balaban J connectivity index is 2.06. The molecule has 1 amide bonds. The Morgan fingerprint density at radius 1 is 1.31 bits per heavy atom. The van der Waals surface area contributed by atoms with Gasteiger partial charge in [0.05, 0.1) is 0 Å². The maximum atomic E-state index is 13.4. The molecule has 6 nitrogen and oxygen atoms in total. The maximum absolute atomic E-state index is 13.4. The molecule has 2 N–H and O–H groups in total. The van der Waals surface area contributed by atoms with Crippen LogP contribution in [0.25, 0.3) is 0 Å². The fourth-order valence-electron chi connectivity index (χ4n) is 3.23. The molecule has 0 bridgehead atoms. The van der Waals surface area contributed by atoms with E-state index in [0.717, 1.165) is 12.1 Å². The average molecular weight is 383 g/mol. The van der Waals surface area contributed by atoms with Gasteiger partial charge >= 0.3 is 0 Å². The van der Waals surface area contributed by atoms with Crippen molar-refractivity contribution in [1.82, 2.24) is 9.29 Å². The van der Waals surface area contributed by atoms with Crippen LogP contribution in [-0.2, 0) is 23.5 Å². The van der Waals surface area contributed by atoms with Crippen molar-refractivity contribution in [2.24, 2.45) is 7.05 Å². The predicted octanol–water partition coefficient (Wildman–Crippen LogP) is 2.48. The molecule has 1 aromatic carbocycles. The number of carbonyl (C=O) groups excluding carboxylic acids is 1. The minimum atomic E-state index is -3.74. The van der Waals surface area contributed by atoms with Crippen molar-refractivity contribution >= 4 is 21.6 Å². The number of rotatable bonds is 2. The molecule has 3 rings (SSSR count). The van der Waals surface area contributed by atoms with Crippen LogP contribution in [0, 0.1) is 18.6 Å². The first-order chi connectivity index (χ1) is 12.1. The van der Waals surface area contributed by atoms with Crippen molar-refractivity contribution in [3.05, 3.63) is 46.8 Å². The van der Waals surface area contributed by atoms with E-state index in [1.54, 1.807) is 20.9 Å². The molecule has 1 aliphatic rings. The highest BCUT2D eigenvalue weighted by atomic mass is 32.2. The highest BCUT2D eigenvalue weighted by Crippen LogP contribution is 2.31. The molecule has 140 valence electrons. The molecule has 0 saturated carbocycles.